The molecule has 15 heavy (non-hydrogen) atoms. The number of anilines is 1. The smallest absolute Gasteiger partial charge is 0.278 e. The average Bonchev–Trinajstić information content (AvgIpc) is 2.87. The highest BCUT2D eigenvalue weighted by Crippen LogP contribution is 2.12. The SMILES string of the molecule is CCc1cn[nH]c1NC(=O)c1csnn1. The number of carbonyl (C=O) groups excluding carboxylic acids is 1. The van der Waals surface area contributed by atoms with Crippen molar-refractivity contribution in [2.75, 3.05) is 5.32 Å². The Balaban J connectivity index is 2.13. The fourth-order valence-corrected chi connectivity index (χ4v) is 1.56. The third kappa shape index (κ3) is 2.01. The Bertz CT molecular complexity index is 449. The minimum Gasteiger partial charge on any atom is -0.305 e. The van der Waals surface area contributed by atoms with Crippen LogP contribution < -0.4 is 5.32 Å². The van der Waals surface area contributed by atoms with Gasteiger partial charge in [-0.2, -0.15) is 5.10 Å². The first kappa shape index (κ1) is 9.78. The topological polar surface area (TPSA) is 83.6 Å². The van der Waals surface area contributed by atoms with Gasteiger partial charge in [-0.3, -0.25) is 9.89 Å². The number of nitrogens with one attached hydrogen (secondary N) is 2. The van der Waals surface area contributed by atoms with Crippen LogP contribution in [-0.2, 0) is 6.42 Å². The monoisotopic (exact) mass is 223 g/mol. The zero-order valence-corrected chi connectivity index (χ0v) is 8.84. The number of aromatic nitrogens is 4. The van der Waals surface area contributed by atoms with Gasteiger partial charge in [0.15, 0.2) is 5.69 Å². The van der Waals surface area contributed by atoms with E-state index in [0.29, 0.717) is 11.5 Å². The molecule has 0 spiro atoms. The summed E-state index contributed by atoms with van der Waals surface area (Å²) in [5, 5.41) is 14.5. The van der Waals surface area contributed by atoms with E-state index in [2.05, 4.69) is 25.1 Å². The average molecular weight is 223 g/mol. The first-order valence-electron chi connectivity index (χ1n) is 4.42. The van der Waals surface area contributed by atoms with Gasteiger partial charge in [0, 0.05) is 10.9 Å². The van der Waals surface area contributed by atoms with Crippen LogP contribution in [0.4, 0.5) is 5.82 Å². The van der Waals surface area contributed by atoms with Crippen LogP contribution in [0.1, 0.15) is 23.0 Å². The summed E-state index contributed by atoms with van der Waals surface area (Å²) in [6.07, 6.45) is 2.50. The zero-order chi connectivity index (χ0) is 10.7. The molecular formula is C8H9N5OS. The fourth-order valence-electron chi connectivity index (χ4n) is 1.13. The van der Waals surface area contributed by atoms with Gasteiger partial charge >= 0.3 is 0 Å². The molecule has 1 amide bonds. The molecule has 0 bridgehead atoms. The van der Waals surface area contributed by atoms with Crippen LogP contribution in [0, 0.1) is 0 Å². The maximum Gasteiger partial charge on any atom is 0.278 e. The summed E-state index contributed by atoms with van der Waals surface area (Å²) in [4.78, 5) is 11.6. The van der Waals surface area contributed by atoms with Crippen molar-refractivity contribution in [3.8, 4) is 0 Å². The van der Waals surface area contributed by atoms with E-state index in [0.717, 1.165) is 23.5 Å². The molecule has 0 saturated carbocycles. The molecule has 78 valence electrons. The maximum absolute atomic E-state index is 11.6. The van der Waals surface area contributed by atoms with E-state index < -0.39 is 0 Å². The molecule has 2 rings (SSSR count). The Hall–Kier alpha value is -1.76. The van der Waals surface area contributed by atoms with Crippen molar-refractivity contribution < 1.29 is 4.79 Å². The molecule has 0 aromatic carbocycles. The number of hydrogen-bond acceptors (Lipinski definition) is 5. The summed E-state index contributed by atoms with van der Waals surface area (Å²) < 4.78 is 3.62. The minimum atomic E-state index is -0.275. The molecule has 0 aliphatic rings. The number of aryl methyl sites for hydroxylation is 1. The van der Waals surface area contributed by atoms with Gasteiger partial charge in [-0.1, -0.05) is 11.4 Å². The summed E-state index contributed by atoms with van der Waals surface area (Å²) in [5.41, 5.74) is 1.28. The highest BCUT2D eigenvalue weighted by atomic mass is 32.1. The van der Waals surface area contributed by atoms with Crippen molar-refractivity contribution in [1.82, 2.24) is 19.8 Å². The summed E-state index contributed by atoms with van der Waals surface area (Å²) >= 11 is 1.14. The molecule has 7 heteroatoms. The van der Waals surface area contributed by atoms with Crippen molar-refractivity contribution in [2.24, 2.45) is 0 Å². The van der Waals surface area contributed by atoms with Crippen LogP contribution in [0.2, 0.25) is 0 Å². The zero-order valence-electron chi connectivity index (χ0n) is 8.02. The Morgan fingerprint density at radius 3 is 3.20 bits per heavy atom. The molecule has 2 aromatic heterocycles. The molecule has 0 atom stereocenters. The second kappa shape index (κ2) is 4.18. The fraction of sp³-hybridized carbons (Fsp3) is 0.250. The van der Waals surface area contributed by atoms with Crippen LogP contribution in [0.25, 0.3) is 0 Å². The van der Waals surface area contributed by atoms with Crippen LogP contribution in [-0.4, -0.2) is 25.7 Å². The van der Waals surface area contributed by atoms with E-state index in [-0.39, 0.29) is 5.91 Å². The van der Waals surface area contributed by atoms with E-state index in [4.69, 9.17) is 0 Å². The molecule has 0 fully saturated rings. The van der Waals surface area contributed by atoms with Gasteiger partial charge in [-0.25, -0.2) is 0 Å². The van der Waals surface area contributed by atoms with Gasteiger partial charge in [0.25, 0.3) is 5.91 Å². The normalized spacial score (nSPS) is 10.2. The van der Waals surface area contributed by atoms with E-state index in [1.807, 2.05) is 6.92 Å². The van der Waals surface area contributed by atoms with Gasteiger partial charge in [-0.05, 0) is 18.0 Å². The summed E-state index contributed by atoms with van der Waals surface area (Å²) in [6.45, 7) is 1.99. The molecule has 0 radical (unpaired) electrons. The Morgan fingerprint density at radius 2 is 2.53 bits per heavy atom. The second-order valence-corrected chi connectivity index (χ2v) is 3.48. The van der Waals surface area contributed by atoms with Crippen LogP contribution in [0.3, 0.4) is 0 Å². The summed E-state index contributed by atoms with van der Waals surface area (Å²) in [6, 6.07) is 0. The lowest BCUT2D eigenvalue weighted by molar-refractivity contribution is 0.102. The van der Waals surface area contributed by atoms with Crippen LogP contribution in [0.15, 0.2) is 11.6 Å². The first-order chi connectivity index (χ1) is 7.31. The highest BCUT2D eigenvalue weighted by molar-refractivity contribution is 7.03. The molecule has 2 heterocycles. The van der Waals surface area contributed by atoms with Crippen molar-refractivity contribution in [3.63, 3.8) is 0 Å². The number of aromatic amines is 1. The third-order valence-corrected chi connectivity index (χ3v) is 2.43. The number of hydrogen-bond donors (Lipinski definition) is 2. The van der Waals surface area contributed by atoms with Gasteiger partial charge in [0.1, 0.15) is 5.82 Å². The van der Waals surface area contributed by atoms with Gasteiger partial charge in [0.05, 0.1) is 6.20 Å². The lowest BCUT2D eigenvalue weighted by Gasteiger charge is -2.01. The lowest BCUT2D eigenvalue weighted by atomic mass is 10.2. The second-order valence-electron chi connectivity index (χ2n) is 2.87. The predicted octanol–water partition coefficient (Wildman–Crippen LogP) is 1.08. The molecule has 0 unspecified atom stereocenters. The largest absolute Gasteiger partial charge is 0.305 e. The third-order valence-electron chi connectivity index (χ3n) is 1.93. The molecular weight excluding hydrogens is 214 g/mol. The van der Waals surface area contributed by atoms with Gasteiger partial charge < -0.3 is 5.32 Å². The van der Waals surface area contributed by atoms with E-state index >= 15 is 0 Å². The number of rotatable bonds is 3. The number of nitrogens with zero attached hydrogens (tertiary/aromatic N) is 3. The standard InChI is InChI=1S/C8H9N5OS/c1-2-5-3-9-12-7(5)10-8(14)6-4-15-13-11-6/h3-4H,2H2,1H3,(H2,9,10,12,14). The maximum atomic E-state index is 11.6. The summed E-state index contributed by atoms with van der Waals surface area (Å²) in [5.74, 6) is 0.346. The molecule has 0 saturated heterocycles. The van der Waals surface area contributed by atoms with Crippen LogP contribution >= 0.6 is 11.5 Å². The van der Waals surface area contributed by atoms with Crippen LogP contribution in [0.5, 0.6) is 0 Å². The Morgan fingerprint density at radius 1 is 1.67 bits per heavy atom. The quantitative estimate of drug-likeness (QED) is 0.815. The van der Waals surface area contributed by atoms with E-state index in [9.17, 15) is 4.79 Å². The first-order valence-corrected chi connectivity index (χ1v) is 5.25. The van der Waals surface area contributed by atoms with Gasteiger partial charge in [0.2, 0.25) is 0 Å². The van der Waals surface area contributed by atoms with Crippen molar-refractivity contribution in [3.05, 3.63) is 22.8 Å². The molecule has 0 aliphatic carbocycles. The van der Waals surface area contributed by atoms with E-state index in [1.165, 1.54) is 0 Å². The van der Waals surface area contributed by atoms with Crippen molar-refractivity contribution in [2.45, 2.75) is 13.3 Å². The number of carbonyl (C=O) groups is 1. The minimum absolute atomic E-state index is 0.275. The lowest BCUT2D eigenvalue weighted by Crippen LogP contribution is -2.13. The molecule has 2 aromatic rings. The van der Waals surface area contributed by atoms with Gasteiger partial charge in [-0.15, -0.1) is 5.10 Å². The van der Waals surface area contributed by atoms with Crippen molar-refractivity contribution >= 4 is 23.3 Å². The Labute approximate surface area is 89.9 Å². The summed E-state index contributed by atoms with van der Waals surface area (Å²) in [7, 11) is 0. The van der Waals surface area contributed by atoms with Crippen molar-refractivity contribution in [1.29, 1.82) is 0 Å². The number of amides is 1. The highest BCUT2D eigenvalue weighted by Gasteiger charge is 2.11. The van der Waals surface area contributed by atoms with E-state index in [1.54, 1.807) is 11.6 Å². The predicted molar refractivity (Wildman–Crippen MR) is 55.8 cm³/mol. The number of H-pyrrole nitrogens is 1. The molecule has 0 aliphatic heterocycles. The molecule has 6 nitrogen and oxygen atoms in total. The Kier molecular flexibility index (Phi) is 2.72. The molecule has 2 N–H and O–H groups in total.